The second-order valence-electron chi connectivity index (χ2n) is 3.12. The zero-order valence-corrected chi connectivity index (χ0v) is 8.87. The van der Waals surface area contributed by atoms with Gasteiger partial charge in [0.25, 0.3) is 0 Å². The van der Waals surface area contributed by atoms with Crippen LogP contribution in [0.4, 0.5) is 5.69 Å². The van der Waals surface area contributed by atoms with Crippen molar-refractivity contribution < 1.29 is 0 Å². The van der Waals surface area contributed by atoms with E-state index in [0.717, 1.165) is 11.3 Å². The summed E-state index contributed by atoms with van der Waals surface area (Å²) in [7, 11) is 0. The molecule has 0 aliphatic carbocycles. The molecule has 0 heterocycles. The zero-order chi connectivity index (χ0) is 10.5. The minimum Gasteiger partial charge on any atom is -0.195 e. The molecule has 2 aromatic rings. The Morgan fingerprint density at radius 1 is 0.867 bits per heavy atom. The molecule has 2 aromatic carbocycles. The smallest absolute Gasteiger partial charge is 0.0745 e. The molecule has 15 heavy (non-hydrogen) atoms. The average Bonchev–Trinajstić information content (AvgIpc) is 2.31. The van der Waals surface area contributed by atoms with Crippen LogP contribution in [0.25, 0.3) is 11.1 Å². The first kappa shape index (κ1) is 9.78. The van der Waals surface area contributed by atoms with Crippen molar-refractivity contribution in [3.05, 3.63) is 54.6 Å². The fourth-order valence-corrected chi connectivity index (χ4v) is 1.54. The van der Waals surface area contributed by atoms with Crippen molar-refractivity contribution in [3.8, 4) is 11.1 Å². The van der Waals surface area contributed by atoms with Crippen molar-refractivity contribution in [2.75, 3.05) is 0 Å². The Balaban J connectivity index is 2.46. The van der Waals surface area contributed by atoms with E-state index < -0.39 is 0 Å². The summed E-state index contributed by atoms with van der Waals surface area (Å²) in [6.45, 7) is 0. The highest BCUT2D eigenvalue weighted by atomic mass is 32.1. The highest BCUT2D eigenvalue weighted by molar-refractivity contribution is 7.78. The molecule has 0 aliphatic rings. The molecule has 0 radical (unpaired) electrons. The first-order valence-electron chi connectivity index (χ1n) is 4.63. The van der Waals surface area contributed by atoms with Gasteiger partial charge in [-0.05, 0) is 35.5 Å². The van der Waals surface area contributed by atoms with Crippen molar-refractivity contribution in [2.45, 2.75) is 0 Å². The monoisotopic (exact) mass is 211 g/mol. The summed E-state index contributed by atoms with van der Waals surface area (Å²) in [6.07, 6.45) is 0. The number of hydrogen-bond acceptors (Lipinski definition) is 2. The molecule has 2 rings (SSSR count). The van der Waals surface area contributed by atoms with Gasteiger partial charge in [-0.1, -0.05) is 42.5 Å². The molecule has 0 saturated heterocycles. The Labute approximate surface area is 94.1 Å². The fourth-order valence-electron chi connectivity index (χ4n) is 1.44. The number of nitrogens with zero attached hydrogens (tertiary/aromatic N) is 1. The van der Waals surface area contributed by atoms with Crippen molar-refractivity contribution in [2.24, 2.45) is 4.99 Å². The lowest BCUT2D eigenvalue weighted by molar-refractivity contribution is 1.53. The maximum atomic E-state index is 4.58. The van der Waals surface area contributed by atoms with E-state index in [4.69, 9.17) is 0 Å². The van der Waals surface area contributed by atoms with Crippen LogP contribution in [0.15, 0.2) is 59.6 Å². The van der Waals surface area contributed by atoms with Gasteiger partial charge in [0.1, 0.15) is 0 Å². The van der Waals surface area contributed by atoms with E-state index in [1.54, 1.807) is 0 Å². The second-order valence-corrected chi connectivity index (χ2v) is 3.30. The molecule has 0 bridgehead atoms. The first-order valence-corrected chi connectivity index (χ1v) is 5.04. The van der Waals surface area contributed by atoms with Gasteiger partial charge in [0, 0.05) is 0 Å². The van der Waals surface area contributed by atoms with Crippen LogP contribution in [0.2, 0.25) is 0 Å². The van der Waals surface area contributed by atoms with E-state index in [2.05, 4.69) is 40.6 Å². The Hall–Kier alpha value is -1.76. The largest absolute Gasteiger partial charge is 0.195 e. The van der Waals surface area contributed by atoms with Crippen LogP contribution < -0.4 is 0 Å². The molecule has 0 aromatic heterocycles. The second kappa shape index (κ2) is 4.65. The lowest BCUT2D eigenvalue weighted by Crippen LogP contribution is -1.75. The molecule has 0 N–H and O–H groups in total. The van der Waals surface area contributed by atoms with E-state index in [-0.39, 0.29) is 0 Å². The molecule has 72 valence electrons. The average molecular weight is 211 g/mol. The zero-order valence-electron chi connectivity index (χ0n) is 8.05. The highest BCUT2D eigenvalue weighted by Gasteiger charge is 1.96. The lowest BCUT2D eigenvalue weighted by atomic mass is 10.1. The summed E-state index contributed by atoms with van der Waals surface area (Å²) in [5.41, 5.74) is 3.16. The van der Waals surface area contributed by atoms with Gasteiger partial charge < -0.3 is 0 Å². The molecule has 2 heteroatoms. The van der Waals surface area contributed by atoms with Crippen molar-refractivity contribution >= 4 is 23.1 Å². The third-order valence-corrected chi connectivity index (χ3v) is 2.22. The summed E-state index contributed by atoms with van der Waals surface area (Å²) in [5, 5.41) is 2.37. The summed E-state index contributed by atoms with van der Waals surface area (Å²) in [6, 6.07) is 18.1. The van der Waals surface area contributed by atoms with E-state index in [1.807, 2.05) is 36.4 Å². The third kappa shape index (κ3) is 2.38. The molecule has 0 fully saturated rings. The van der Waals surface area contributed by atoms with E-state index in [9.17, 15) is 0 Å². The van der Waals surface area contributed by atoms with E-state index in [0.29, 0.717) is 0 Å². The number of thiocarbonyl (C=S) groups is 1. The lowest BCUT2D eigenvalue weighted by Gasteiger charge is -2.01. The minimum atomic E-state index is 0.839. The van der Waals surface area contributed by atoms with Crippen molar-refractivity contribution in [1.82, 2.24) is 0 Å². The Morgan fingerprint density at radius 3 is 2.33 bits per heavy atom. The normalized spacial score (nSPS) is 9.33. The van der Waals surface area contributed by atoms with Crippen LogP contribution in [-0.4, -0.2) is 5.16 Å². The Morgan fingerprint density at radius 2 is 1.60 bits per heavy atom. The van der Waals surface area contributed by atoms with Gasteiger partial charge in [-0.15, -0.1) is 0 Å². The predicted octanol–water partition coefficient (Wildman–Crippen LogP) is 4.09. The molecule has 0 atom stereocenters. The molecular weight excluding hydrogens is 202 g/mol. The van der Waals surface area contributed by atoms with Crippen molar-refractivity contribution in [3.63, 3.8) is 0 Å². The molecule has 0 aliphatic heterocycles. The van der Waals surface area contributed by atoms with Crippen LogP contribution in [0.5, 0.6) is 0 Å². The number of isothiocyanates is 1. The molecular formula is C13H9NS. The van der Waals surface area contributed by atoms with Crippen LogP contribution in [-0.2, 0) is 0 Å². The van der Waals surface area contributed by atoms with Gasteiger partial charge in [-0.2, -0.15) is 4.99 Å². The fraction of sp³-hybridized carbons (Fsp3) is 0. The summed E-state index contributed by atoms with van der Waals surface area (Å²) in [5.74, 6) is 0. The topological polar surface area (TPSA) is 12.4 Å². The third-order valence-electron chi connectivity index (χ3n) is 2.13. The van der Waals surface area contributed by atoms with E-state index >= 15 is 0 Å². The number of benzene rings is 2. The molecule has 0 unspecified atom stereocenters. The number of hydrogen-bond donors (Lipinski definition) is 0. The molecule has 1 nitrogen and oxygen atoms in total. The van der Waals surface area contributed by atoms with Gasteiger partial charge in [0.05, 0.1) is 10.8 Å². The quantitative estimate of drug-likeness (QED) is 0.538. The highest BCUT2D eigenvalue weighted by Crippen LogP contribution is 2.23. The van der Waals surface area contributed by atoms with Gasteiger partial charge in [0.2, 0.25) is 0 Å². The SMILES string of the molecule is S=C=Nc1cccc(-c2ccccc2)c1. The Kier molecular flexibility index (Phi) is 3.03. The maximum absolute atomic E-state index is 4.58. The van der Waals surface area contributed by atoms with Crippen LogP contribution in [0.1, 0.15) is 0 Å². The summed E-state index contributed by atoms with van der Waals surface area (Å²) < 4.78 is 0. The molecule has 0 amide bonds. The predicted molar refractivity (Wildman–Crippen MR) is 66.6 cm³/mol. The maximum Gasteiger partial charge on any atom is 0.0745 e. The van der Waals surface area contributed by atoms with Crippen molar-refractivity contribution in [1.29, 1.82) is 0 Å². The summed E-state index contributed by atoms with van der Waals surface area (Å²) >= 11 is 4.58. The van der Waals surface area contributed by atoms with Gasteiger partial charge >= 0.3 is 0 Å². The van der Waals surface area contributed by atoms with Gasteiger partial charge in [0.15, 0.2) is 0 Å². The van der Waals surface area contributed by atoms with Gasteiger partial charge in [-0.25, -0.2) is 0 Å². The number of rotatable bonds is 2. The van der Waals surface area contributed by atoms with E-state index in [1.165, 1.54) is 5.56 Å². The number of aliphatic imine (C=N–C) groups is 1. The minimum absolute atomic E-state index is 0.839. The van der Waals surface area contributed by atoms with Crippen LogP contribution in [0.3, 0.4) is 0 Å². The first-order chi connectivity index (χ1) is 7.40. The molecule has 0 spiro atoms. The Bertz CT molecular complexity index is 499. The van der Waals surface area contributed by atoms with Crippen LogP contribution >= 0.6 is 12.2 Å². The van der Waals surface area contributed by atoms with Crippen LogP contribution in [0, 0.1) is 0 Å². The summed E-state index contributed by atoms with van der Waals surface area (Å²) in [4.78, 5) is 3.96. The molecule has 0 saturated carbocycles. The standard InChI is InChI=1S/C13H9NS/c15-10-14-13-8-4-7-12(9-13)11-5-2-1-3-6-11/h1-9H. The van der Waals surface area contributed by atoms with Gasteiger partial charge in [-0.3, -0.25) is 0 Å².